The van der Waals surface area contributed by atoms with E-state index in [0.29, 0.717) is 18.1 Å². The van der Waals surface area contributed by atoms with Crippen molar-refractivity contribution >= 4 is 17.5 Å². The minimum atomic E-state index is -1.07. The Bertz CT molecular complexity index is 768. The fourth-order valence-electron chi connectivity index (χ4n) is 2.55. The average molecular weight is 357 g/mol. The molecule has 2 N–H and O–H groups in total. The molecule has 1 aliphatic heterocycles. The monoisotopic (exact) mass is 356 g/mol. The number of hydrogen-bond acceptors (Lipinski definition) is 4. The molecule has 0 bridgehead atoms. The second-order valence-electron chi connectivity index (χ2n) is 5.54. The van der Waals surface area contributed by atoms with Crippen molar-refractivity contribution in [1.82, 2.24) is 20.5 Å². The van der Waals surface area contributed by atoms with Gasteiger partial charge in [-0.1, -0.05) is 11.6 Å². The molecule has 0 aliphatic carbocycles. The number of aromatic nitrogens is 3. The summed E-state index contributed by atoms with van der Waals surface area (Å²) >= 11 is 5.47. The van der Waals surface area contributed by atoms with Crippen LogP contribution in [0.2, 0.25) is 5.02 Å². The molecule has 1 aliphatic rings. The molecule has 1 amide bonds. The van der Waals surface area contributed by atoms with Gasteiger partial charge in [-0.2, -0.15) is 5.10 Å². The van der Waals surface area contributed by atoms with Gasteiger partial charge in [-0.25, -0.2) is 13.8 Å². The van der Waals surface area contributed by atoms with E-state index in [0.717, 1.165) is 18.6 Å². The van der Waals surface area contributed by atoms with Gasteiger partial charge < -0.3 is 10.1 Å². The van der Waals surface area contributed by atoms with Gasteiger partial charge in [0, 0.05) is 6.54 Å². The van der Waals surface area contributed by atoms with Gasteiger partial charge in [0.15, 0.2) is 11.6 Å². The highest BCUT2D eigenvalue weighted by Crippen LogP contribution is 2.30. The van der Waals surface area contributed by atoms with Crippen molar-refractivity contribution in [2.75, 3.05) is 6.54 Å². The maximum absolute atomic E-state index is 13.8. The number of carbonyl (C=O) groups is 1. The summed E-state index contributed by atoms with van der Waals surface area (Å²) in [5, 5.41) is 8.69. The molecule has 0 radical (unpaired) electrons. The molecule has 1 aromatic carbocycles. The Balaban J connectivity index is 1.57. The zero-order valence-corrected chi connectivity index (χ0v) is 13.5. The van der Waals surface area contributed by atoms with Crippen LogP contribution in [0.1, 0.15) is 41.0 Å². The SMILES string of the molecule is Cc1nc([C@@H]2CC[C@H](CNC(=O)c3ccc(F)c(Cl)c3F)O2)n[nH]1. The minimum Gasteiger partial charge on any atom is -0.365 e. The zero-order chi connectivity index (χ0) is 17.3. The molecule has 0 saturated carbocycles. The molecule has 1 aromatic heterocycles. The first kappa shape index (κ1) is 16.8. The van der Waals surface area contributed by atoms with Crippen LogP contribution in [-0.2, 0) is 4.74 Å². The Morgan fingerprint density at radius 1 is 1.46 bits per heavy atom. The van der Waals surface area contributed by atoms with E-state index in [1.165, 1.54) is 0 Å². The van der Waals surface area contributed by atoms with Gasteiger partial charge in [0.2, 0.25) is 0 Å². The van der Waals surface area contributed by atoms with E-state index >= 15 is 0 Å². The summed E-state index contributed by atoms with van der Waals surface area (Å²) in [6, 6.07) is 2.01. The summed E-state index contributed by atoms with van der Waals surface area (Å²) in [7, 11) is 0. The number of H-pyrrole nitrogens is 1. The van der Waals surface area contributed by atoms with Crippen molar-refractivity contribution in [3.8, 4) is 0 Å². The Morgan fingerprint density at radius 2 is 2.25 bits per heavy atom. The minimum absolute atomic E-state index is 0.202. The summed E-state index contributed by atoms with van der Waals surface area (Å²) in [6.07, 6.45) is 0.991. The van der Waals surface area contributed by atoms with Gasteiger partial charge in [0.1, 0.15) is 22.8 Å². The molecule has 2 atom stereocenters. The standard InChI is InChI=1S/C15H15ClF2N4O2/c1-7-20-14(22-21-7)11-5-2-8(24-11)6-19-15(23)9-3-4-10(17)12(16)13(9)18/h3-4,8,11H,2,5-6H2,1H3,(H,19,23)(H,20,21,22)/t8-,11+/m1/s1. The van der Waals surface area contributed by atoms with Crippen LogP contribution in [0, 0.1) is 18.6 Å². The van der Waals surface area contributed by atoms with Crippen molar-refractivity contribution in [3.63, 3.8) is 0 Å². The Hall–Kier alpha value is -2.06. The molecule has 24 heavy (non-hydrogen) atoms. The van der Waals surface area contributed by atoms with E-state index in [4.69, 9.17) is 16.3 Å². The molecule has 1 saturated heterocycles. The van der Waals surface area contributed by atoms with Crippen molar-refractivity contribution in [2.45, 2.75) is 32.0 Å². The fourth-order valence-corrected chi connectivity index (χ4v) is 2.72. The van der Waals surface area contributed by atoms with Crippen molar-refractivity contribution in [3.05, 3.63) is 46.0 Å². The first-order valence-corrected chi connectivity index (χ1v) is 7.79. The third-order valence-electron chi connectivity index (χ3n) is 3.78. The van der Waals surface area contributed by atoms with E-state index in [1.54, 1.807) is 6.92 Å². The largest absolute Gasteiger partial charge is 0.365 e. The van der Waals surface area contributed by atoms with Crippen LogP contribution < -0.4 is 5.32 Å². The number of halogens is 3. The Kier molecular flexibility index (Phi) is 4.77. The smallest absolute Gasteiger partial charge is 0.254 e. The average Bonchev–Trinajstić information content (AvgIpc) is 3.19. The van der Waals surface area contributed by atoms with Crippen LogP contribution in [0.4, 0.5) is 8.78 Å². The summed E-state index contributed by atoms with van der Waals surface area (Å²) in [5.41, 5.74) is -0.305. The van der Waals surface area contributed by atoms with E-state index in [9.17, 15) is 13.6 Å². The zero-order valence-electron chi connectivity index (χ0n) is 12.8. The van der Waals surface area contributed by atoms with Crippen molar-refractivity contribution in [1.29, 1.82) is 0 Å². The topological polar surface area (TPSA) is 79.9 Å². The Labute approximate surface area is 141 Å². The molecule has 0 unspecified atom stereocenters. The lowest BCUT2D eigenvalue weighted by Gasteiger charge is -2.13. The number of ether oxygens (including phenoxy) is 1. The Morgan fingerprint density at radius 3 is 2.96 bits per heavy atom. The van der Waals surface area contributed by atoms with Crippen LogP contribution in [-0.4, -0.2) is 33.7 Å². The highest BCUT2D eigenvalue weighted by atomic mass is 35.5. The second kappa shape index (κ2) is 6.82. The lowest BCUT2D eigenvalue weighted by atomic mass is 10.1. The number of carbonyl (C=O) groups excluding carboxylic acids is 1. The highest BCUT2D eigenvalue weighted by molar-refractivity contribution is 6.31. The molecule has 2 aromatic rings. The molecular formula is C15H15ClF2N4O2. The molecule has 6 nitrogen and oxygen atoms in total. The third-order valence-corrected chi connectivity index (χ3v) is 4.13. The second-order valence-corrected chi connectivity index (χ2v) is 5.91. The van der Waals surface area contributed by atoms with Gasteiger partial charge >= 0.3 is 0 Å². The molecule has 2 heterocycles. The normalized spacial score (nSPS) is 20.3. The van der Waals surface area contributed by atoms with Crippen LogP contribution >= 0.6 is 11.6 Å². The fraction of sp³-hybridized carbons (Fsp3) is 0.400. The molecule has 9 heteroatoms. The van der Waals surface area contributed by atoms with Gasteiger partial charge in [-0.15, -0.1) is 0 Å². The molecule has 3 rings (SSSR count). The summed E-state index contributed by atoms with van der Waals surface area (Å²) in [4.78, 5) is 16.2. The number of nitrogens with one attached hydrogen (secondary N) is 2. The van der Waals surface area contributed by atoms with Crippen LogP contribution in [0.15, 0.2) is 12.1 Å². The maximum atomic E-state index is 13.8. The summed E-state index contributed by atoms with van der Waals surface area (Å²) < 4.78 is 32.7. The maximum Gasteiger partial charge on any atom is 0.254 e. The number of aryl methyl sites for hydroxylation is 1. The number of hydrogen-bond donors (Lipinski definition) is 2. The third kappa shape index (κ3) is 3.39. The molecule has 128 valence electrons. The molecule has 0 spiro atoms. The number of amides is 1. The van der Waals surface area contributed by atoms with E-state index in [-0.39, 0.29) is 24.3 Å². The van der Waals surface area contributed by atoms with Gasteiger partial charge in [0.05, 0.1) is 11.7 Å². The van der Waals surface area contributed by atoms with E-state index in [1.807, 2.05) is 0 Å². The van der Waals surface area contributed by atoms with Crippen LogP contribution in [0.25, 0.3) is 0 Å². The predicted molar refractivity (Wildman–Crippen MR) is 81.7 cm³/mol. The lowest BCUT2D eigenvalue weighted by Crippen LogP contribution is -2.32. The van der Waals surface area contributed by atoms with Gasteiger partial charge in [-0.3, -0.25) is 9.89 Å². The van der Waals surface area contributed by atoms with Gasteiger partial charge in [0.25, 0.3) is 5.91 Å². The van der Waals surface area contributed by atoms with Crippen molar-refractivity contribution < 1.29 is 18.3 Å². The first-order valence-electron chi connectivity index (χ1n) is 7.41. The number of nitrogens with zero attached hydrogens (tertiary/aromatic N) is 2. The number of rotatable bonds is 4. The molecular weight excluding hydrogens is 342 g/mol. The van der Waals surface area contributed by atoms with E-state index < -0.39 is 22.6 Å². The number of aromatic amines is 1. The summed E-state index contributed by atoms with van der Waals surface area (Å²) in [6.45, 7) is 2.00. The quantitative estimate of drug-likeness (QED) is 0.825. The lowest BCUT2D eigenvalue weighted by molar-refractivity contribution is 0.0391. The van der Waals surface area contributed by atoms with Crippen LogP contribution in [0.5, 0.6) is 0 Å². The predicted octanol–water partition coefficient (Wildman–Crippen LogP) is 2.69. The highest BCUT2D eigenvalue weighted by Gasteiger charge is 2.29. The van der Waals surface area contributed by atoms with Crippen molar-refractivity contribution in [2.24, 2.45) is 0 Å². The van der Waals surface area contributed by atoms with E-state index in [2.05, 4.69) is 20.5 Å². The summed E-state index contributed by atoms with van der Waals surface area (Å²) in [5.74, 6) is -1.37. The molecule has 1 fully saturated rings. The first-order chi connectivity index (χ1) is 11.5. The van der Waals surface area contributed by atoms with Crippen LogP contribution in [0.3, 0.4) is 0 Å². The van der Waals surface area contributed by atoms with Gasteiger partial charge in [-0.05, 0) is 31.9 Å². The number of benzene rings is 1.